The summed E-state index contributed by atoms with van der Waals surface area (Å²) in [7, 11) is 2.11. The van der Waals surface area contributed by atoms with Gasteiger partial charge in [0.15, 0.2) is 0 Å². The Morgan fingerprint density at radius 2 is 1.71 bits per heavy atom. The molecule has 1 saturated heterocycles. The molecule has 2 aromatic heterocycles. The van der Waals surface area contributed by atoms with Gasteiger partial charge in [-0.05, 0) is 73.7 Å². The first kappa shape index (κ1) is 29.7. The number of pyridine rings is 1. The summed E-state index contributed by atoms with van der Waals surface area (Å²) in [6.07, 6.45) is 14.9. The average Bonchev–Trinajstić information content (AvgIpc) is 3.29. The molecule has 0 spiro atoms. The lowest BCUT2D eigenvalue weighted by Gasteiger charge is -2.40. The molecule has 5 heteroatoms. The van der Waals surface area contributed by atoms with Crippen LogP contribution in [0.2, 0.25) is 0 Å². The van der Waals surface area contributed by atoms with E-state index in [2.05, 4.69) is 103 Å². The summed E-state index contributed by atoms with van der Waals surface area (Å²) in [4.78, 5) is 6.79. The molecule has 0 bridgehead atoms. The summed E-state index contributed by atoms with van der Waals surface area (Å²) >= 11 is 0. The van der Waals surface area contributed by atoms with Crippen molar-refractivity contribution in [2.24, 2.45) is 7.05 Å². The number of hydrogen-bond acceptors (Lipinski definition) is 4. The monoisotopic (exact) mass is 563 g/mol. The van der Waals surface area contributed by atoms with Crippen LogP contribution in [0.5, 0.6) is 0 Å². The number of aromatic nitrogens is 2. The van der Waals surface area contributed by atoms with Crippen LogP contribution in [-0.2, 0) is 16.5 Å². The molecule has 6 rings (SSSR count). The second-order valence-electron chi connectivity index (χ2n) is 11.2. The van der Waals surface area contributed by atoms with E-state index < -0.39 is 0 Å². The van der Waals surface area contributed by atoms with E-state index in [9.17, 15) is 0 Å². The molecule has 2 fully saturated rings. The van der Waals surface area contributed by atoms with Crippen molar-refractivity contribution in [3.8, 4) is 0 Å². The summed E-state index contributed by atoms with van der Waals surface area (Å²) in [6.45, 7) is 14.5. The number of fused-ring (bicyclic) bond motifs is 3. The number of aryl methyl sites for hydroxylation is 2. The van der Waals surface area contributed by atoms with E-state index in [-0.39, 0.29) is 6.10 Å². The highest BCUT2D eigenvalue weighted by Gasteiger charge is 2.34. The molecule has 1 aliphatic carbocycles. The minimum atomic E-state index is 0.185. The van der Waals surface area contributed by atoms with Gasteiger partial charge in [0.1, 0.15) is 11.9 Å². The highest BCUT2D eigenvalue weighted by atomic mass is 16.5. The number of piperidine rings is 1. The predicted octanol–water partition coefficient (Wildman–Crippen LogP) is 8.77. The zero-order chi connectivity index (χ0) is 29.6. The Balaban J connectivity index is 0.00000173. The van der Waals surface area contributed by atoms with Gasteiger partial charge < -0.3 is 18.9 Å². The molecule has 2 aliphatic rings. The Kier molecular flexibility index (Phi) is 9.48. The Morgan fingerprint density at radius 3 is 2.45 bits per heavy atom. The van der Waals surface area contributed by atoms with E-state index in [1.54, 1.807) is 0 Å². The first-order chi connectivity index (χ1) is 20.5. The molecular formula is C37H45N3O2. The van der Waals surface area contributed by atoms with Gasteiger partial charge >= 0.3 is 0 Å². The lowest BCUT2D eigenvalue weighted by atomic mass is 9.91. The fourth-order valence-corrected chi connectivity index (χ4v) is 6.10. The maximum Gasteiger partial charge on any atom is 0.112 e. The lowest BCUT2D eigenvalue weighted by Crippen LogP contribution is -2.43. The average molecular weight is 564 g/mol. The highest BCUT2D eigenvalue weighted by Crippen LogP contribution is 2.33. The van der Waals surface area contributed by atoms with Crippen molar-refractivity contribution in [3.63, 3.8) is 0 Å². The number of rotatable bonds is 8. The number of allylic oxidation sites excluding steroid dienone is 4. The minimum Gasteiger partial charge on any atom is -0.491 e. The van der Waals surface area contributed by atoms with Crippen molar-refractivity contribution in [2.45, 2.75) is 71.7 Å². The molecule has 42 heavy (non-hydrogen) atoms. The number of benzene rings is 2. The van der Waals surface area contributed by atoms with Crippen LogP contribution in [-0.4, -0.2) is 41.0 Å². The third-order valence-corrected chi connectivity index (χ3v) is 8.47. The van der Waals surface area contributed by atoms with Crippen LogP contribution in [0.15, 0.2) is 91.5 Å². The topological polar surface area (TPSA) is 39.5 Å². The molecule has 0 atom stereocenters. The van der Waals surface area contributed by atoms with Crippen LogP contribution < -0.4 is 4.90 Å². The molecule has 3 heterocycles. The van der Waals surface area contributed by atoms with Gasteiger partial charge in [-0.15, -0.1) is 0 Å². The van der Waals surface area contributed by atoms with Gasteiger partial charge in [-0.2, -0.15) is 0 Å². The zero-order valence-electron chi connectivity index (χ0n) is 25.8. The van der Waals surface area contributed by atoms with E-state index in [1.807, 2.05) is 32.3 Å². The van der Waals surface area contributed by atoms with E-state index in [0.29, 0.717) is 18.0 Å². The van der Waals surface area contributed by atoms with Gasteiger partial charge in [0.25, 0.3) is 0 Å². The molecule has 0 radical (unpaired) electrons. The SMILES string of the molecule is C=C(/C=C\C(=C/C)c1ccc2c3cnccc3n(C)c2c1)OC1CC(OC2CCN(c3cccc(C)c3)CC2)C1.CC. The third-order valence-electron chi connectivity index (χ3n) is 8.47. The fourth-order valence-electron chi connectivity index (χ4n) is 6.10. The summed E-state index contributed by atoms with van der Waals surface area (Å²) in [5.74, 6) is 0.700. The Bertz CT molecular complexity index is 1580. The van der Waals surface area contributed by atoms with Gasteiger partial charge in [-0.1, -0.05) is 56.8 Å². The summed E-state index contributed by atoms with van der Waals surface area (Å²) < 4.78 is 14.8. The van der Waals surface area contributed by atoms with Crippen molar-refractivity contribution in [3.05, 3.63) is 103 Å². The van der Waals surface area contributed by atoms with Gasteiger partial charge in [0.05, 0.1) is 17.7 Å². The molecule has 0 unspecified atom stereocenters. The minimum absolute atomic E-state index is 0.185. The molecule has 0 amide bonds. The van der Waals surface area contributed by atoms with E-state index in [1.165, 1.54) is 38.6 Å². The van der Waals surface area contributed by atoms with Crippen molar-refractivity contribution in [1.29, 1.82) is 0 Å². The van der Waals surface area contributed by atoms with Gasteiger partial charge in [0.2, 0.25) is 0 Å². The molecule has 1 aliphatic heterocycles. The second-order valence-corrected chi connectivity index (χ2v) is 11.2. The van der Waals surface area contributed by atoms with Crippen LogP contribution >= 0.6 is 0 Å². The smallest absolute Gasteiger partial charge is 0.112 e. The molecule has 5 nitrogen and oxygen atoms in total. The number of hydrogen-bond donors (Lipinski definition) is 0. The quantitative estimate of drug-likeness (QED) is 0.159. The molecule has 4 aromatic rings. The number of anilines is 1. The summed E-state index contributed by atoms with van der Waals surface area (Å²) in [6, 6.07) is 17.5. The van der Waals surface area contributed by atoms with E-state index in [4.69, 9.17) is 9.47 Å². The summed E-state index contributed by atoms with van der Waals surface area (Å²) in [5, 5.41) is 2.40. The first-order valence-corrected chi connectivity index (χ1v) is 15.5. The van der Waals surface area contributed by atoms with Crippen molar-refractivity contribution in [2.75, 3.05) is 18.0 Å². The lowest BCUT2D eigenvalue weighted by molar-refractivity contribution is -0.114. The zero-order valence-corrected chi connectivity index (χ0v) is 25.8. The molecule has 0 N–H and O–H groups in total. The maximum atomic E-state index is 6.42. The van der Waals surface area contributed by atoms with E-state index >= 15 is 0 Å². The molecular weight excluding hydrogens is 518 g/mol. The molecule has 2 aromatic carbocycles. The highest BCUT2D eigenvalue weighted by molar-refractivity contribution is 6.08. The number of nitrogens with zero attached hydrogens (tertiary/aromatic N) is 3. The van der Waals surface area contributed by atoms with Gasteiger partial charge in [0, 0.05) is 67.3 Å². The standard InChI is InChI=1S/C35H39N3O2.C2H6/c1-5-26(27-11-12-32-33-23-36-16-13-34(33)37(4)35(32)20-27)10-9-25(3)39-30-21-31(22-30)40-29-14-17-38(18-15-29)28-8-6-7-24(2)19-28;1-2/h5-13,16,19-20,23,29-31H,3,14-15,17-18,21-22H2,1-2,4H3;1-2H3/b10-9-,26-5+;. The second kappa shape index (κ2) is 13.4. The largest absolute Gasteiger partial charge is 0.491 e. The van der Waals surface area contributed by atoms with Crippen LogP contribution in [0.3, 0.4) is 0 Å². The third kappa shape index (κ3) is 6.47. The molecule has 1 saturated carbocycles. The van der Waals surface area contributed by atoms with Crippen LogP contribution in [0, 0.1) is 6.92 Å². The van der Waals surface area contributed by atoms with E-state index in [0.717, 1.165) is 44.3 Å². The Labute approximate surface area is 251 Å². The normalized spacial score (nSPS) is 19.5. The van der Waals surface area contributed by atoms with Crippen LogP contribution in [0.4, 0.5) is 5.69 Å². The van der Waals surface area contributed by atoms with Crippen molar-refractivity contribution < 1.29 is 9.47 Å². The first-order valence-electron chi connectivity index (χ1n) is 15.5. The summed E-state index contributed by atoms with van der Waals surface area (Å²) in [5.41, 5.74) is 7.34. The molecule has 220 valence electrons. The predicted molar refractivity (Wildman–Crippen MR) is 177 cm³/mol. The Morgan fingerprint density at radius 1 is 0.929 bits per heavy atom. The van der Waals surface area contributed by atoms with Crippen molar-refractivity contribution >= 4 is 33.1 Å². The fraction of sp³-hybridized carbons (Fsp3) is 0.378. The maximum absolute atomic E-state index is 6.42. The van der Waals surface area contributed by atoms with Gasteiger partial charge in [-0.25, -0.2) is 0 Å². The van der Waals surface area contributed by atoms with Crippen LogP contribution in [0.1, 0.15) is 57.6 Å². The Hall–Kier alpha value is -3.83. The van der Waals surface area contributed by atoms with Crippen molar-refractivity contribution in [1.82, 2.24) is 9.55 Å². The number of ether oxygens (including phenoxy) is 2. The van der Waals surface area contributed by atoms with Crippen LogP contribution in [0.25, 0.3) is 27.4 Å². The van der Waals surface area contributed by atoms with Gasteiger partial charge in [-0.3, -0.25) is 4.98 Å².